The Morgan fingerprint density at radius 1 is 1.00 bits per heavy atom. The van der Waals surface area contributed by atoms with Crippen LogP contribution in [0.2, 0.25) is 0 Å². The van der Waals surface area contributed by atoms with Gasteiger partial charge in [0.15, 0.2) is 0 Å². The van der Waals surface area contributed by atoms with Gasteiger partial charge in [0, 0.05) is 11.3 Å². The van der Waals surface area contributed by atoms with Crippen LogP contribution >= 0.6 is 0 Å². The topological polar surface area (TPSA) is 57.6 Å². The highest BCUT2D eigenvalue weighted by atomic mass is 16.3. The number of rotatable bonds is 2. The van der Waals surface area contributed by atoms with Crippen molar-refractivity contribution in [3.8, 4) is 0 Å². The summed E-state index contributed by atoms with van der Waals surface area (Å²) in [6.07, 6.45) is 0.0440. The van der Waals surface area contributed by atoms with Gasteiger partial charge in [-0.05, 0) is 30.7 Å². The average molecular weight is 281 g/mol. The van der Waals surface area contributed by atoms with Crippen LogP contribution < -0.4 is 4.90 Å². The zero-order chi connectivity index (χ0) is 15.0. The molecule has 1 N–H and O–H groups in total. The van der Waals surface area contributed by atoms with Gasteiger partial charge in [-0.25, -0.2) is 0 Å². The Kier molecular flexibility index (Phi) is 3.11. The van der Waals surface area contributed by atoms with E-state index >= 15 is 0 Å². The van der Waals surface area contributed by atoms with Gasteiger partial charge in [-0.2, -0.15) is 0 Å². The second kappa shape index (κ2) is 4.82. The molecule has 0 bridgehead atoms. The molecule has 0 aromatic heterocycles. The predicted octanol–water partition coefficient (Wildman–Crippen LogP) is 2.69. The van der Waals surface area contributed by atoms with Crippen molar-refractivity contribution in [3.05, 3.63) is 60.2 Å². The Balaban J connectivity index is 2.26. The Hall–Kier alpha value is -2.46. The summed E-state index contributed by atoms with van der Waals surface area (Å²) in [5, 5.41) is 10.6. The largest absolute Gasteiger partial charge is 0.373 e. The van der Waals surface area contributed by atoms with Crippen LogP contribution in [0.25, 0.3) is 0 Å². The number of amides is 1. The molecular weight excluding hydrogens is 266 g/mol. The molecule has 4 heteroatoms. The van der Waals surface area contributed by atoms with Gasteiger partial charge in [0.2, 0.25) is 11.4 Å². The van der Waals surface area contributed by atoms with Gasteiger partial charge in [0.1, 0.15) is 0 Å². The summed E-state index contributed by atoms with van der Waals surface area (Å²) in [6.45, 7) is 1.63. The van der Waals surface area contributed by atoms with Gasteiger partial charge in [-0.1, -0.05) is 37.3 Å². The first-order chi connectivity index (χ1) is 10.1. The highest BCUT2D eigenvalue weighted by molar-refractivity contribution is 6.29. The molecule has 3 rings (SSSR count). The van der Waals surface area contributed by atoms with Crippen molar-refractivity contribution in [3.63, 3.8) is 0 Å². The lowest BCUT2D eigenvalue weighted by molar-refractivity contribution is -0.132. The molecule has 0 unspecified atom stereocenters. The maximum atomic E-state index is 12.7. The summed E-state index contributed by atoms with van der Waals surface area (Å²) >= 11 is 0. The first-order valence-electron chi connectivity index (χ1n) is 6.85. The van der Waals surface area contributed by atoms with E-state index in [4.69, 9.17) is 0 Å². The van der Waals surface area contributed by atoms with E-state index in [2.05, 4.69) is 0 Å². The van der Waals surface area contributed by atoms with Gasteiger partial charge < -0.3 is 5.11 Å². The number of anilines is 2. The fourth-order valence-electron chi connectivity index (χ4n) is 2.62. The standard InChI is InChI=1S/C17H15NO3/c1-2-17(21)15(19)13-10-6-7-11-14(13)18(16(17)20)12-8-4-3-5-9-12/h3-11,21H,2H2,1H3/t17-/m1/s1. The number of fused-ring (bicyclic) bond motifs is 1. The molecule has 2 aromatic carbocycles. The third-order valence-electron chi connectivity index (χ3n) is 3.85. The number of carbonyl (C=O) groups excluding carboxylic acids is 2. The van der Waals surface area contributed by atoms with Crippen LogP contribution in [0.4, 0.5) is 11.4 Å². The van der Waals surface area contributed by atoms with Crippen LogP contribution in [0.15, 0.2) is 54.6 Å². The predicted molar refractivity (Wildman–Crippen MR) is 79.6 cm³/mol. The molecule has 1 heterocycles. The lowest BCUT2D eigenvalue weighted by Crippen LogP contribution is -2.56. The fraction of sp³-hybridized carbons (Fsp3) is 0.176. The lowest BCUT2D eigenvalue weighted by Gasteiger charge is -2.37. The molecule has 0 fully saturated rings. The lowest BCUT2D eigenvalue weighted by atomic mass is 9.84. The van der Waals surface area contributed by atoms with Crippen molar-refractivity contribution in [1.29, 1.82) is 0 Å². The van der Waals surface area contributed by atoms with Crippen LogP contribution in [0.1, 0.15) is 23.7 Å². The van der Waals surface area contributed by atoms with Crippen LogP contribution in [-0.2, 0) is 4.79 Å². The van der Waals surface area contributed by atoms with Gasteiger partial charge in [0.25, 0.3) is 5.91 Å². The Morgan fingerprint density at radius 2 is 1.62 bits per heavy atom. The Bertz CT molecular complexity index is 711. The molecule has 21 heavy (non-hydrogen) atoms. The first kappa shape index (κ1) is 13.5. The smallest absolute Gasteiger partial charge is 0.271 e. The third-order valence-corrected chi connectivity index (χ3v) is 3.85. The maximum absolute atomic E-state index is 12.7. The highest BCUT2D eigenvalue weighted by Gasteiger charge is 2.50. The van der Waals surface area contributed by atoms with E-state index in [1.807, 2.05) is 18.2 Å². The number of para-hydroxylation sites is 2. The van der Waals surface area contributed by atoms with Gasteiger partial charge in [-0.15, -0.1) is 0 Å². The number of nitrogens with zero attached hydrogens (tertiary/aromatic N) is 1. The molecule has 0 spiro atoms. The van der Waals surface area contributed by atoms with Crippen molar-refractivity contribution in [2.75, 3.05) is 4.90 Å². The second-order valence-corrected chi connectivity index (χ2v) is 5.04. The van der Waals surface area contributed by atoms with Crippen LogP contribution in [0.3, 0.4) is 0 Å². The molecule has 0 aliphatic carbocycles. The fourth-order valence-corrected chi connectivity index (χ4v) is 2.62. The van der Waals surface area contributed by atoms with E-state index in [1.165, 1.54) is 4.90 Å². The SMILES string of the molecule is CC[C@@]1(O)C(=O)c2ccccc2N(c2ccccc2)C1=O. The molecule has 0 saturated carbocycles. The highest BCUT2D eigenvalue weighted by Crippen LogP contribution is 2.38. The molecule has 0 saturated heterocycles. The molecule has 0 radical (unpaired) electrons. The van der Waals surface area contributed by atoms with E-state index in [9.17, 15) is 14.7 Å². The van der Waals surface area contributed by atoms with E-state index in [0.29, 0.717) is 16.9 Å². The van der Waals surface area contributed by atoms with Crippen molar-refractivity contribution in [1.82, 2.24) is 0 Å². The van der Waals surface area contributed by atoms with E-state index < -0.39 is 17.3 Å². The second-order valence-electron chi connectivity index (χ2n) is 5.04. The summed E-state index contributed by atoms with van der Waals surface area (Å²) in [5.41, 5.74) is -0.485. The summed E-state index contributed by atoms with van der Waals surface area (Å²) in [5.74, 6) is -1.13. The van der Waals surface area contributed by atoms with E-state index in [-0.39, 0.29) is 6.42 Å². The molecule has 1 atom stereocenters. The number of hydrogen-bond donors (Lipinski definition) is 1. The van der Waals surface area contributed by atoms with Crippen molar-refractivity contribution in [2.45, 2.75) is 18.9 Å². The Morgan fingerprint density at radius 3 is 2.29 bits per heavy atom. The summed E-state index contributed by atoms with van der Waals surface area (Å²) in [4.78, 5) is 26.6. The maximum Gasteiger partial charge on any atom is 0.271 e. The number of benzene rings is 2. The van der Waals surface area contributed by atoms with Crippen LogP contribution in [-0.4, -0.2) is 22.4 Å². The molecule has 1 amide bonds. The van der Waals surface area contributed by atoms with Crippen LogP contribution in [0, 0.1) is 0 Å². The normalized spacial score (nSPS) is 21.3. The van der Waals surface area contributed by atoms with Crippen LogP contribution in [0.5, 0.6) is 0 Å². The van der Waals surface area contributed by atoms with E-state index in [1.54, 1.807) is 43.3 Å². The molecule has 1 aliphatic rings. The van der Waals surface area contributed by atoms with Crippen molar-refractivity contribution in [2.24, 2.45) is 0 Å². The minimum Gasteiger partial charge on any atom is -0.373 e. The molecule has 4 nitrogen and oxygen atoms in total. The van der Waals surface area contributed by atoms with Gasteiger partial charge in [0.05, 0.1) is 5.69 Å². The summed E-state index contributed by atoms with van der Waals surface area (Å²) in [6, 6.07) is 15.9. The number of ketones is 1. The van der Waals surface area contributed by atoms with Crippen molar-refractivity contribution >= 4 is 23.1 Å². The van der Waals surface area contributed by atoms with Crippen molar-refractivity contribution < 1.29 is 14.7 Å². The number of Topliss-reactive ketones (excluding diaryl/α,β-unsaturated/α-hetero) is 1. The minimum atomic E-state index is -2.00. The first-order valence-corrected chi connectivity index (χ1v) is 6.85. The molecular formula is C17H15NO3. The van der Waals surface area contributed by atoms with Gasteiger partial charge in [-0.3, -0.25) is 14.5 Å². The number of hydrogen-bond acceptors (Lipinski definition) is 3. The monoisotopic (exact) mass is 281 g/mol. The molecule has 1 aliphatic heterocycles. The Labute approximate surface area is 122 Å². The third kappa shape index (κ3) is 1.87. The summed E-state index contributed by atoms with van der Waals surface area (Å²) < 4.78 is 0. The number of carbonyl (C=O) groups is 2. The number of aliphatic hydroxyl groups is 1. The molecule has 106 valence electrons. The zero-order valence-corrected chi connectivity index (χ0v) is 11.6. The quantitative estimate of drug-likeness (QED) is 0.861. The summed E-state index contributed by atoms with van der Waals surface area (Å²) in [7, 11) is 0. The average Bonchev–Trinajstić information content (AvgIpc) is 2.54. The zero-order valence-electron chi connectivity index (χ0n) is 11.6. The van der Waals surface area contributed by atoms with Gasteiger partial charge >= 0.3 is 0 Å². The van der Waals surface area contributed by atoms with E-state index in [0.717, 1.165) is 0 Å². The minimum absolute atomic E-state index is 0.0440. The molecule has 2 aromatic rings.